The Bertz CT molecular complexity index is 395. The second-order valence-corrected chi connectivity index (χ2v) is 5.51. The van der Waals surface area contributed by atoms with Crippen molar-refractivity contribution in [1.82, 2.24) is 0 Å². The van der Waals surface area contributed by atoms with Gasteiger partial charge in [0, 0.05) is 0 Å². The Balaban J connectivity index is 0.00000128. The minimum atomic E-state index is -3.15. The van der Waals surface area contributed by atoms with Crippen molar-refractivity contribution in [3.05, 3.63) is 60.7 Å². The van der Waals surface area contributed by atoms with Crippen LogP contribution in [0.4, 0.5) is 0 Å². The molecule has 16 heavy (non-hydrogen) atoms. The monoisotopic (exact) mass is 243 g/mol. The third-order valence-corrected chi connectivity index (χ3v) is 4.27. The normalized spacial score (nSPS) is 10.6. The summed E-state index contributed by atoms with van der Waals surface area (Å²) in [6.45, 7) is 0. The van der Waals surface area contributed by atoms with E-state index in [2.05, 4.69) is 0 Å². The van der Waals surface area contributed by atoms with Crippen molar-refractivity contribution in [3.8, 4) is 0 Å². The van der Waals surface area contributed by atoms with E-state index in [-0.39, 0.29) is 31.0 Å². The molecule has 0 saturated heterocycles. The van der Waals surface area contributed by atoms with Gasteiger partial charge in [0.15, 0.2) is 10.6 Å². The van der Waals surface area contributed by atoms with Crippen LogP contribution in [-0.2, 0) is 0 Å². The minimum Gasteiger partial charge on any atom is -1.00 e. The molecule has 0 aliphatic heterocycles. The van der Waals surface area contributed by atoms with Gasteiger partial charge in [-0.2, -0.15) is 0 Å². The van der Waals surface area contributed by atoms with Crippen LogP contribution < -0.4 is 40.2 Å². The van der Waals surface area contributed by atoms with Gasteiger partial charge in [0.1, 0.15) is 0 Å². The van der Waals surface area contributed by atoms with Gasteiger partial charge in [0.2, 0.25) is 0 Å². The van der Waals surface area contributed by atoms with E-state index in [0.29, 0.717) is 10.6 Å². The largest absolute Gasteiger partial charge is 1.00 e. The molecule has 0 aromatic heterocycles. The molecular weight excluding hydrogens is 230 g/mol. The van der Waals surface area contributed by atoms with Crippen LogP contribution in [0.1, 0.15) is 1.43 Å². The van der Waals surface area contributed by atoms with Crippen molar-refractivity contribution < 1.29 is 40.8 Å². The summed E-state index contributed by atoms with van der Waals surface area (Å²) in [5.41, 5.74) is 0. The average molecular weight is 243 g/mol. The van der Waals surface area contributed by atoms with E-state index < -0.39 is 7.72 Å². The van der Waals surface area contributed by atoms with Crippen LogP contribution in [-0.4, -0.2) is 9.79 Å². The molecule has 0 aliphatic carbocycles. The van der Waals surface area contributed by atoms with Gasteiger partial charge in [0.05, 0.1) is 0 Å². The maximum absolute atomic E-state index is 10.1. The number of rotatable bonds is 2. The van der Waals surface area contributed by atoms with E-state index in [0.717, 1.165) is 0 Å². The van der Waals surface area contributed by atoms with Gasteiger partial charge in [-0.3, -0.25) is 0 Å². The summed E-state index contributed by atoms with van der Waals surface area (Å²) >= 11 is 0. The fourth-order valence-corrected chi connectivity index (χ4v) is 2.89. The summed E-state index contributed by atoms with van der Waals surface area (Å²) in [5.74, 6) is 0. The molecule has 0 saturated carbocycles. The third-order valence-electron chi connectivity index (χ3n) is 2.23. The third kappa shape index (κ3) is 2.92. The summed E-state index contributed by atoms with van der Waals surface area (Å²) in [5, 5.41) is 1.16. The Hall–Kier alpha value is -0.210. The van der Waals surface area contributed by atoms with Crippen LogP contribution in [0, 0.1) is 0 Å². The fourth-order valence-electron chi connectivity index (χ4n) is 1.42. The van der Waals surface area contributed by atoms with Gasteiger partial charge in [-0.15, -0.1) is 0 Å². The summed E-state index contributed by atoms with van der Waals surface area (Å²) < 4.78 is 0. The molecule has 2 nitrogen and oxygen atoms in total. The zero-order chi connectivity index (χ0) is 10.7. The molecule has 2 rings (SSSR count). The molecule has 0 fully saturated rings. The first kappa shape index (κ1) is 13.9. The van der Waals surface area contributed by atoms with Gasteiger partial charge in [0.25, 0.3) is 0 Å². The maximum atomic E-state index is 10.1. The van der Waals surface area contributed by atoms with E-state index in [1.54, 1.807) is 48.5 Å². The molecule has 0 atom stereocenters. The van der Waals surface area contributed by atoms with Crippen molar-refractivity contribution in [1.29, 1.82) is 0 Å². The first-order chi connectivity index (χ1) is 7.21. The molecule has 2 aromatic carbocycles. The number of hydrogen-bond acceptors (Lipinski definition) is 2. The molecular formula is C12H13NaO2P+. The van der Waals surface area contributed by atoms with Gasteiger partial charge >= 0.3 is 37.3 Å². The SMILES string of the molecule is O[P+](O)(c1ccccc1)c1ccccc1.[H-].[Na+]. The number of benzene rings is 2. The van der Waals surface area contributed by atoms with Gasteiger partial charge in [-0.25, -0.2) is 9.79 Å². The summed E-state index contributed by atoms with van der Waals surface area (Å²) in [6.07, 6.45) is 0. The zero-order valence-corrected chi connectivity index (χ0v) is 12.0. The van der Waals surface area contributed by atoms with Crippen LogP contribution in [0.15, 0.2) is 60.7 Å². The molecule has 2 N–H and O–H groups in total. The van der Waals surface area contributed by atoms with Crippen LogP contribution in [0.25, 0.3) is 0 Å². The molecule has 78 valence electrons. The van der Waals surface area contributed by atoms with Crippen LogP contribution >= 0.6 is 7.72 Å². The fraction of sp³-hybridized carbons (Fsp3) is 0. The summed E-state index contributed by atoms with van der Waals surface area (Å²) in [4.78, 5) is 20.2. The van der Waals surface area contributed by atoms with Crippen molar-refractivity contribution in [2.75, 3.05) is 0 Å². The predicted molar refractivity (Wildman–Crippen MR) is 64.6 cm³/mol. The van der Waals surface area contributed by atoms with Crippen LogP contribution in [0.5, 0.6) is 0 Å². The predicted octanol–water partition coefficient (Wildman–Crippen LogP) is -1.41. The Morgan fingerprint density at radius 3 is 1.31 bits per heavy atom. The molecule has 0 unspecified atom stereocenters. The van der Waals surface area contributed by atoms with Crippen LogP contribution in [0.3, 0.4) is 0 Å². The first-order valence-electron chi connectivity index (χ1n) is 4.67. The maximum Gasteiger partial charge on any atom is 1.00 e. The molecule has 0 spiro atoms. The topological polar surface area (TPSA) is 40.5 Å². The summed E-state index contributed by atoms with van der Waals surface area (Å²) in [6, 6.07) is 17.9. The molecule has 2 aromatic rings. The molecule has 0 heterocycles. The smallest absolute Gasteiger partial charge is 1.00 e. The molecule has 0 bridgehead atoms. The first-order valence-corrected chi connectivity index (χ1v) is 6.36. The zero-order valence-electron chi connectivity index (χ0n) is 10.1. The second kappa shape index (κ2) is 5.92. The van der Waals surface area contributed by atoms with Gasteiger partial charge in [-0.05, 0) is 24.3 Å². The van der Waals surface area contributed by atoms with E-state index in [9.17, 15) is 9.79 Å². The van der Waals surface area contributed by atoms with Crippen molar-refractivity contribution in [2.24, 2.45) is 0 Å². The molecule has 0 aliphatic rings. The Kier molecular flexibility index (Phi) is 5.13. The second-order valence-electron chi connectivity index (χ2n) is 3.27. The Morgan fingerprint density at radius 1 is 0.688 bits per heavy atom. The van der Waals surface area contributed by atoms with Gasteiger partial charge < -0.3 is 1.43 Å². The average Bonchev–Trinajstić information content (AvgIpc) is 2.31. The van der Waals surface area contributed by atoms with Crippen molar-refractivity contribution >= 4 is 18.3 Å². The van der Waals surface area contributed by atoms with E-state index >= 15 is 0 Å². The van der Waals surface area contributed by atoms with Gasteiger partial charge in [-0.1, -0.05) is 36.4 Å². The van der Waals surface area contributed by atoms with E-state index in [1.807, 2.05) is 12.1 Å². The summed E-state index contributed by atoms with van der Waals surface area (Å²) in [7, 11) is -3.15. The molecule has 4 heteroatoms. The minimum absolute atomic E-state index is 0. The Labute approximate surface area is 119 Å². The molecule has 0 radical (unpaired) electrons. The van der Waals surface area contributed by atoms with Crippen LogP contribution in [0.2, 0.25) is 0 Å². The van der Waals surface area contributed by atoms with Crippen molar-refractivity contribution in [3.63, 3.8) is 0 Å². The van der Waals surface area contributed by atoms with E-state index in [1.165, 1.54) is 0 Å². The van der Waals surface area contributed by atoms with E-state index in [4.69, 9.17) is 0 Å². The van der Waals surface area contributed by atoms with Crippen molar-refractivity contribution in [2.45, 2.75) is 0 Å². The number of hydrogen-bond donors (Lipinski definition) is 2. The Morgan fingerprint density at radius 2 is 1.00 bits per heavy atom. The molecule has 0 amide bonds. The standard InChI is InChI=1S/C12H12O2P.Na.H/c13-15(14,11-7-3-1-4-8-11)12-9-5-2-6-10-12;;/h1-10,13-14H;;/q2*+1;-1. The quantitative estimate of drug-likeness (QED) is 0.502.